The van der Waals surface area contributed by atoms with E-state index in [2.05, 4.69) is 25.0 Å². The number of benzene rings is 2. The maximum Gasteiger partial charge on any atom is 0.407 e. The Labute approximate surface area is 259 Å². The van der Waals surface area contributed by atoms with Crippen LogP contribution in [0.4, 0.5) is 10.6 Å². The Morgan fingerprint density at radius 1 is 1.04 bits per heavy atom. The van der Waals surface area contributed by atoms with Crippen molar-refractivity contribution in [2.75, 3.05) is 51.9 Å². The van der Waals surface area contributed by atoms with Gasteiger partial charge in [0.15, 0.2) is 18.0 Å². The van der Waals surface area contributed by atoms with Crippen LogP contribution in [-0.4, -0.2) is 87.4 Å². The second-order valence-corrected chi connectivity index (χ2v) is 11.8. The molecule has 4 aromatic rings. The number of morpholine rings is 1. The quantitative estimate of drug-likeness (QED) is 0.232. The van der Waals surface area contributed by atoms with E-state index in [0.29, 0.717) is 50.4 Å². The van der Waals surface area contributed by atoms with Crippen LogP contribution in [0.3, 0.4) is 0 Å². The van der Waals surface area contributed by atoms with Gasteiger partial charge in [-0.05, 0) is 41.8 Å². The van der Waals surface area contributed by atoms with Gasteiger partial charge in [-0.3, -0.25) is 14.2 Å². The summed E-state index contributed by atoms with van der Waals surface area (Å²) in [6.45, 7) is 3.94. The molecule has 5 rings (SSSR count). The summed E-state index contributed by atoms with van der Waals surface area (Å²) in [5.41, 5.74) is 2.57. The van der Waals surface area contributed by atoms with Crippen molar-refractivity contribution < 1.29 is 41.5 Å². The molecule has 0 spiro atoms. The van der Waals surface area contributed by atoms with Crippen LogP contribution in [0.2, 0.25) is 0 Å². The molecule has 15 nitrogen and oxygen atoms in total. The van der Waals surface area contributed by atoms with E-state index >= 15 is 0 Å². The highest BCUT2D eigenvalue weighted by atomic mass is 32.2. The lowest BCUT2D eigenvalue weighted by Gasteiger charge is -2.26. The van der Waals surface area contributed by atoms with E-state index in [1.807, 2.05) is 6.92 Å². The number of carbonyl (C=O) groups excluding carboxylic acids is 2. The molecule has 0 atom stereocenters. The number of hydrogen-bond donors (Lipinski definition) is 2. The fourth-order valence-electron chi connectivity index (χ4n) is 4.76. The number of fused-ring (bicyclic) bond motifs is 1. The Bertz CT molecular complexity index is 1780. The minimum atomic E-state index is -4.26. The molecule has 0 radical (unpaired) electrons. The molecule has 0 saturated carbocycles. The van der Waals surface area contributed by atoms with E-state index in [1.54, 1.807) is 46.2 Å². The molecule has 240 valence electrons. The van der Waals surface area contributed by atoms with Crippen LogP contribution in [0.1, 0.15) is 23.6 Å². The number of amides is 2. The number of nitrogens with zero attached hydrogens (tertiary/aromatic N) is 4. The van der Waals surface area contributed by atoms with Gasteiger partial charge >= 0.3 is 6.09 Å². The molecule has 1 aliphatic rings. The van der Waals surface area contributed by atoms with E-state index in [1.165, 1.54) is 20.3 Å². The Morgan fingerprint density at radius 2 is 1.84 bits per heavy atom. The molecule has 2 amide bonds. The Hall–Kier alpha value is -4.83. The molecule has 0 aliphatic carbocycles. The lowest BCUT2D eigenvalue weighted by Crippen LogP contribution is -2.43. The SMILES string of the molecule is CCc1ccc(OCC(=O)N2CCOCC2)c(S(=O)(=O)Nc2noc3cc(Cn4cc(CNC(=O)OC)cn4)cc(OC)c23)c1. The molecule has 0 bridgehead atoms. The number of anilines is 1. The number of ether oxygens (including phenoxy) is 4. The van der Waals surface area contributed by atoms with Gasteiger partial charge in [-0.2, -0.15) is 5.10 Å². The van der Waals surface area contributed by atoms with E-state index in [0.717, 1.165) is 16.7 Å². The van der Waals surface area contributed by atoms with Crippen molar-refractivity contribution in [1.29, 1.82) is 0 Å². The number of sulfonamides is 1. The van der Waals surface area contributed by atoms with Crippen LogP contribution in [0.15, 0.2) is 52.1 Å². The summed E-state index contributed by atoms with van der Waals surface area (Å²) in [6.07, 6.45) is 3.43. The van der Waals surface area contributed by atoms with Crippen LogP contribution in [0.25, 0.3) is 11.0 Å². The summed E-state index contributed by atoms with van der Waals surface area (Å²) in [5.74, 6) is 0.0297. The molecule has 3 heterocycles. The number of carbonyl (C=O) groups is 2. The lowest BCUT2D eigenvalue weighted by atomic mass is 10.1. The highest BCUT2D eigenvalue weighted by molar-refractivity contribution is 7.92. The van der Waals surface area contributed by atoms with Crippen molar-refractivity contribution >= 4 is 38.8 Å². The van der Waals surface area contributed by atoms with Gasteiger partial charge in [0.2, 0.25) is 0 Å². The predicted octanol–water partition coefficient (Wildman–Crippen LogP) is 2.54. The zero-order chi connectivity index (χ0) is 32.0. The van der Waals surface area contributed by atoms with Gasteiger partial charge in [0, 0.05) is 31.4 Å². The zero-order valence-electron chi connectivity index (χ0n) is 25.1. The molecular formula is C29H34N6O9S. The zero-order valence-corrected chi connectivity index (χ0v) is 25.9. The average Bonchev–Trinajstić information content (AvgIpc) is 3.68. The Kier molecular flexibility index (Phi) is 9.73. The van der Waals surface area contributed by atoms with Crippen LogP contribution < -0.4 is 19.5 Å². The van der Waals surface area contributed by atoms with Gasteiger partial charge in [0.1, 0.15) is 21.8 Å². The van der Waals surface area contributed by atoms with Crippen LogP contribution in [-0.2, 0) is 43.8 Å². The number of methoxy groups -OCH3 is 2. The summed E-state index contributed by atoms with van der Waals surface area (Å²) < 4.78 is 58.4. The summed E-state index contributed by atoms with van der Waals surface area (Å²) in [7, 11) is -1.51. The first-order chi connectivity index (χ1) is 21.7. The number of hydrogen-bond acceptors (Lipinski definition) is 11. The average molecular weight is 643 g/mol. The van der Waals surface area contributed by atoms with Crippen molar-refractivity contribution in [3.8, 4) is 11.5 Å². The second kappa shape index (κ2) is 13.9. The molecular weight excluding hydrogens is 608 g/mol. The summed E-state index contributed by atoms with van der Waals surface area (Å²) >= 11 is 0. The molecule has 1 fully saturated rings. The highest BCUT2D eigenvalue weighted by Gasteiger charge is 2.26. The van der Waals surface area contributed by atoms with Gasteiger partial charge in [0.05, 0.1) is 40.2 Å². The first kappa shape index (κ1) is 31.6. The normalized spacial score (nSPS) is 13.4. The number of alkyl carbamates (subject to hydrolysis) is 1. The third kappa shape index (κ3) is 7.46. The number of aromatic nitrogens is 3. The van der Waals surface area contributed by atoms with E-state index in [4.69, 9.17) is 18.7 Å². The van der Waals surface area contributed by atoms with Gasteiger partial charge in [-0.25, -0.2) is 13.2 Å². The van der Waals surface area contributed by atoms with Crippen LogP contribution >= 0.6 is 0 Å². The van der Waals surface area contributed by atoms with Crippen LogP contribution in [0.5, 0.6) is 11.5 Å². The lowest BCUT2D eigenvalue weighted by molar-refractivity contribution is -0.137. The highest BCUT2D eigenvalue weighted by Crippen LogP contribution is 2.36. The standard InChI is InChI=1S/C29H34N6O9S/c1-4-19-5-6-22(43-18-26(36)34-7-9-42-10-8-34)25(13-19)45(38,39)33-28-27-23(40-2)11-20(12-24(27)44-32-28)16-35-17-21(15-31-35)14-30-29(37)41-3/h5-6,11-13,15,17H,4,7-10,14,16,18H2,1-3H3,(H,30,37)(H,32,33). The largest absolute Gasteiger partial charge is 0.496 e. The smallest absolute Gasteiger partial charge is 0.407 e. The number of aryl methyl sites for hydroxylation is 1. The fourth-order valence-corrected chi connectivity index (χ4v) is 5.96. The monoisotopic (exact) mass is 642 g/mol. The second-order valence-electron chi connectivity index (χ2n) is 10.1. The molecule has 0 unspecified atom stereocenters. The topological polar surface area (TPSA) is 176 Å². The van der Waals surface area contributed by atoms with Gasteiger partial charge in [-0.15, -0.1) is 0 Å². The molecule has 2 N–H and O–H groups in total. The third-order valence-corrected chi connectivity index (χ3v) is 8.48. The van der Waals surface area contributed by atoms with E-state index in [-0.39, 0.29) is 41.1 Å². The van der Waals surface area contributed by atoms with Crippen LogP contribution in [0, 0.1) is 0 Å². The summed E-state index contributed by atoms with van der Waals surface area (Å²) in [5, 5.41) is 11.2. The number of rotatable bonds is 12. The van der Waals surface area contributed by atoms with Gasteiger partial charge in [-0.1, -0.05) is 18.1 Å². The maximum atomic E-state index is 13.7. The minimum Gasteiger partial charge on any atom is -0.496 e. The van der Waals surface area contributed by atoms with Crippen molar-refractivity contribution in [2.24, 2.45) is 0 Å². The van der Waals surface area contributed by atoms with Crippen molar-refractivity contribution in [1.82, 2.24) is 25.2 Å². The molecule has 45 heavy (non-hydrogen) atoms. The fraction of sp³-hybridized carbons (Fsp3) is 0.379. The summed E-state index contributed by atoms with van der Waals surface area (Å²) in [4.78, 5) is 25.5. The molecule has 1 saturated heterocycles. The Morgan fingerprint density at radius 3 is 2.58 bits per heavy atom. The molecule has 2 aromatic carbocycles. The van der Waals surface area contributed by atoms with Gasteiger partial charge in [0.25, 0.3) is 15.9 Å². The Balaban J connectivity index is 1.36. The predicted molar refractivity (Wildman–Crippen MR) is 161 cm³/mol. The molecule has 1 aliphatic heterocycles. The van der Waals surface area contributed by atoms with E-state index < -0.39 is 16.1 Å². The maximum absolute atomic E-state index is 13.7. The van der Waals surface area contributed by atoms with Crippen molar-refractivity contribution in [2.45, 2.75) is 31.3 Å². The third-order valence-electron chi connectivity index (χ3n) is 7.12. The first-order valence-corrected chi connectivity index (χ1v) is 15.6. The first-order valence-electron chi connectivity index (χ1n) is 14.1. The summed E-state index contributed by atoms with van der Waals surface area (Å²) in [6, 6.07) is 8.24. The minimum absolute atomic E-state index is 0.0312. The van der Waals surface area contributed by atoms with Crippen molar-refractivity contribution in [3.63, 3.8) is 0 Å². The molecule has 16 heteroatoms. The van der Waals surface area contributed by atoms with Gasteiger partial charge < -0.3 is 33.7 Å². The van der Waals surface area contributed by atoms with E-state index in [9.17, 15) is 18.0 Å². The molecule has 2 aromatic heterocycles. The van der Waals surface area contributed by atoms with Crippen molar-refractivity contribution in [3.05, 3.63) is 59.4 Å². The number of nitrogens with one attached hydrogen (secondary N) is 2.